The SMILES string of the molecule is Cc1ccccc1CSc1cc(C(N)=O)c(N)cc1F. The van der Waals surface area contributed by atoms with Crippen LogP contribution in [0.1, 0.15) is 21.5 Å². The number of nitrogens with two attached hydrogens (primary N) is 2. The van der Waals surface area contributed by atoms with Gasteiger partial charge in [0.15, 0.2) is 0 Å². The van der Waals surface area contributed by atoms with Crippen LogP contribution in [0.3, 0.4) is 0 Å². The molecule has 0 aliphatic rings. The summed E-state index contributed by atoms with van der Waals surface area (Å²) >= 11 is 1.32. The summed E-state index contributed by atoms with van der Waals surface area (Å²) in [6, 6.07) is 10.4. The second-order valence-corrected chi connectivity index (χ2v) is 5.47. The molecule has 0 spiro atoms. The first-order valence-corrected chi connectivity index (χ1v) is 7.03. The van der Waals surface area contributed by atoms with Crippen LogP contribution < -0.4 is 11.5 Å². The number of halogens is 1. The molecule has 0 unspecified atom stereocenters. The van der Waals surface area contributed by atoms with Crippen LogP contribution in [0.25, 0.3) is 0 Å². The summed E-state index contributed by atoms with van der Waals surface area (Å²) in [4.78, 5) is 11.6. The monoisotopic (exact) mass is 290 g/mol. The van der Waals surface area contributed by atoms with Gasteiger partial charge in [-0.25, -0.2) is 4.39 Å². The molecular weight excluding hydrogens is 275 g/mol. The van der Waals surface area contributed by atoms with Crippen LogP contribution in [0.4, 0.5) is 10.1 Å². The average Bonchev–Trinajstić information content (AvgIpc) is 2.39. The number of hydrogen-bond donors (Lipinski definition) is 2. The van der Waals surface area contributed by atoms with Gasteiger partial charge in [-0.3, -0.25) is 4.79 Å². The number of nitrogen functional groups attached to an aromatic ring is 1. The average molecular weight is 290 g/mol. The zero-order valence-corrected chi connectivity index (χ0v) is 11.8. The molecule has 1 amide bonds. The maximum Gasteiger partial charge on any atom is 0.250 e. The van der Waals surface area contributed by atoms with Gasteiger partial charge in [0.2, 0.25) is 0 Å². The fourth-order valence-corrected chi connectivity index (χ4v) is 2.85. The Kier molecular flexibility index (Phi) is 4.29. The molecule has 0 aromatic heterocycles. The molecule has 104 valence electrons. The van der Waals surface area contributed by atoms with Crippen molar-refractivity contribution < 1.29 is 9.18 Å². The van der Waals surface area contributed by atoms with Gasteiger partial charge in [0.25, 0.3) is 5.91 Å². The summed E-state index contributed by atoms with van der Waals surface area (Å²) in [7, 11) is 0. The van der Waals surface area contributed by atoms with Crippen LogP contribution in [0, 0.1) is 12.7 Å². The first kappa shape index (κ1) is 14.4. The van der Waals surface area contributed by atoms with E-state index in [0.717, 1.165) is 17.2 Å². The second kappa shape index (κ2) is 5.96. The molecule has 20 heavy (non-hydrogen) atoms. The lowest BCUT2D eigenvalue weighted by Crippen LogP contribution is -2.14. The molecule has 0 atom stereocenters. The van der Waals surface area contributed by atoms with E-state index in [4.69, 9.17) is 11.5 Å². The fraction of sp³-hybridized carbons (Fsp3) is 0.133. The van der Waals surface area contributed by atoms with E-state index in [2.05, 4.69) is 0 Å². The van der Waals surface area contributed by atoms with Crippen molar-refractivity contribution in [2.24, 2.45) is 5.73 Å². The van der Waals surface area contributed by atoms with E-state index in [0.29, 0.717) is 10.6 Å². The molecule has 0 aliphatic carbocycles. The van der Waals surface area contributed by atoms with Gasteiger partial charge in [0, 0.05) is 16.3 Å². The maximum absolute atomic E-state index is 13.8. The van der Waals surface area contributed by atoms with E-state index in [1.165, 1.54) is 17.8 Å². The third-order valence-electron chi connectivity index (χ3n) is 3.01. The largest absolute Gasteiger partial charge is 0.398 e. The Bertz CT molecular complexity index is 658. The van der Waals surface area contributed by atoms with E-state index < -0.39 is 11.7 Å². The van der Waals surface area contributed by atoms with Gasteiger partial charge in [0.1, 0.15) is 5.82 Å². The molecule has 0 bridgehead atoms. The number of hydrogen-bond acceptors (Lipinski definition) is 3. The Morgan fingerprint density at radius 3 is 2.65 bits per heavy atom. The smallest absolute Gasteiger partial charge is 0.250 e. The van der Waals surface area contributed by atoms with Crippen molar-refractivity contribution in [3.05, 3.63) is 58.9 Å². The van der Waals surface area contributed by atoms with Crippen LogP contribution >= 0.6 is 11.8 Å². The highest BCUT2D eigenvalue weighted by atomic mass is 32.2. The van der Waals surface area contributed by atoms with Crippen molar-refractivity contribution in [3.8, 4) is 0 Å². The van der Waals surface area contributed by atoms with E-state index in [1.54, 1.807) is 0 Å². The Labute approximate surface area is 121 Å². The molecule has 3 nitrogen and oxygen atoms in total. The van der Waals surface area contributed by atoms with E-state index in [-0.39, 0.29) is 11.3 Å². The maximum atomic E-state index is 13.8. The lowest BCUT2D eigenvalue weighted by Gasteiger charge is -2.09. The number of aryl methyl sites for hydroxylation is 1. The quantitative estimate of drug-likeness (QED) is 0.671. The number of thioether (sulfide) groups is 1. The fourth-order valence-electron chi connectivity index (χ4n) is 1.82. The molecule has 0 heterocycles. The van der Waals surface area contributed by atoms with Gasteiger partial charge in [-0.2, -0.15) is 0 Å². The van der Waals surface area contributed by atoms with E-state index in [1.807, 2.05) is 31.2 Å². The lowest BCUT2D eigenvalue weighted by atomic mass is 10.1. The Balaban J connectivity index is 2.24. The van der Waals surface area contributed by atoms with Gasteiger partial charge >= 0.3 is 0 Å². The third-order valence-corrected chi connectivity index (χ3v) is 4.09. The summed E-state index contributed by atoms with van der Waals surface area (Å²) < 4.78 is 13.8. The number of carbonyl (C=O) groups excluding carboxylic acids is 1. The Hall–Kier alpha value is -2.01. The number of anilines is 1. The van der Waals surface area contributed by atoms with Gasteiger partial charge in [-0.15, -0.1) is 11.8 Å². The molecule has 2 aromatic rings. The standard InChI is InChI=1S/C15H15FN2OS/c1-9-4-2-3-5-10(9)8-20-14-6-11(15(18)19)13(17)7-12(14)16/h2-7H,8,17H2,1H3,(H2,18,19). The zero-order chi connectivity index (χ0) is 14.7. The molecule has 0 saturated heterocycles. The zero-order valence-electron chi connectivity index (χ0n) is 11.0. The van der Waals surface area contributed by atoms with Crippen LogP contribution in [0.2, 0.25) is 0 Å². The van der Waals surface area contributed by atoms with Gasteiger partial charge in [-0.05, 0) is 30.2 Å². The molecule has 0 aliphatic heterocycles. The first-order valence-electron chi connectivity index (χ1n) is 6.05. The number of carbonyl (C=O) groups is 1. The highest BCUT2D eigenvalue weighted by Crippen LogP contribution is 2.29. The molecule has 0 radical (unpaired) electrons. The number of primary amides is 1. The molecule has 5 heteroatoms. The van der Waals surface area contributed by atoms with Gasteiger partial charge < -0.3 is 11.5 Å². The summed E-state index contributed by atoms with van der Waals surface area (Å²) in [5.41, 5.74) is 13.3. The summed E-state index contributed by atoms with van der Waals surface area (Å²) in [5, 5.41) is 0. The van der Waals surface area contributed by atoms with E-state index >= 15 is 0 Å². The van der Waals surface area contributed by atoms with Crippen molar-refractivity contribution >= 4 is 23.4 Å². The highest BCUT2D eigenvalue weighted by Gasteiger charge is 2.12. The van der Waals surface area contributed by atoms with Crippen LogP contribution in [-0.2, 0) is 5.75 Å². The van der Waals surface area contributed by atoms with Gasteiger partial charge in [-0.1, -0.05) is 24.3 Å². The van der Waals surface area contributed by atoms with Crippen molar-refractivity contribution in [1.82, 2.24) is 0 Å². The van der Waals surface area contributed by atoms with Gasteiger partial charge in [0.05, 0.1) is 5.56 Å². The number of rotatable bonds is 4. The minimum Gasteiger partial charge on any atom is -0.398 e. The highest BCUT2D eigenvalue weighted by molar-refractivity contribution is 7.98. The van der Waals surface area contributed by atoms with Crippen molar-refractivity contribution in [1.29, 1.82) is 0 Å². The predicted molar refractivity (Wildman–Crippen MR) is 80.1 cm³/mol. The van der Waals surface area contributed by atoms with Crippen LogP contribution in [-0.4, -0.2) is 5.91 Å². The minimum atomic E-state index is -0.653. The summed E-state index contributed by atoms with van der Waals surface area (Å²) in [6.45, 7) is 2.00. The molecule has 2 rings (SSSR count). The summed E-state index contributed by atoms with van der Waals surface area (Å²) in [6.07, 6.45) is 0. The predicted octanol–water partition coefficient (Wildman–Crippen LogP) is 3.11. The second-order valence-electron chi connectivity index (χ2n) is 4.45. The Morgan fingerprint density at radius 1 is 1.30 bits per heavy atom. The lowest BCUT2D eigenvalue weighted by molar-refractivity contribution is 0.100. The Morgan fingerprint density at radius 2 is 2.00 bits per heavy atom. The third kappa shape index (κ3) is 3.11. The minimum absolute atomic E-state index is 0.0650. The molecule has 2 aromatic carbocycles. The van der Waals surface area contributed by atoms with Crippen molar-refractivity contribution in [2.75, 3.05) is 5.73 Å². The normalized spacial score (nSPS) is 10.5. The van der Waals surface area contributed by atoms with Crippen LogP contribution in [0.5, 0.6) is 0 Å². The molecule has 0 fully saturated rings. The van der Waals surface area contributed by atoms with Crippen molar-refractivity contribution in [2.45, 2.75) is 17.6 Å². The molecule has 4 N–H and O–H groups in total. The number of benzene rings is 2. The molecular formula is C15H15FN2OS. The van der Waals surface area contributed by atoms with E-state index in [9.17, 15) is 9.18 Å². The van der Waals surface area contributed by atoms with Crippen molar-refractivity contribution in [3.63, 3.8) is 0 Å². The number of amides is 1. The van der Waals surface area contributed by atoms with Crippen LogP contribution in [0.15, 0.2) is 41.3 Å². The topological polar surface area (TPSA) is 69.1 Å². The molecule has 0 saturated carbocycles. The first-order chi connectivity index (χ1) is 9.49. The summed E-state index contributed by atoms with van der Waals surface area (Å²) in [5.74, 6) is -0.475.